The number of hydrogen-bond acceptors (Lipinski definition) is 3. The van der Waals surface area contributed by atoms with E-state index in [0.29, 0.717) is 0 Å². The first-order chi connectivity index (χ1) is 6.45. The summed E-state index contributed by atoms with van der Waals surface area (Å²) in [7, 11) is 0. The Hall–Kier alpha value is -1.03. The van der Waals surface area contributed by atoms with Crippen LogP contribution in [0.25, 0.3) is 11.0 Å². The summed E-state index contributed by atoms with van der Waals surface area (Å²) in [6, 6.07) is 0. The molecule has 3 rings (SSSR count). The maximum atomic E-state index is 4.30. The standard InChI is InChI=1S/C9H9N3S/c1-2-6-4-10-8-7(6)9(13-3-1)12-5-11-8/h4-5H,1-3H2,(H,10,11,12). The molecule has 13 heavy (non-hydrogen) atoms. The molecule has 0 aromatic carbocycles. The van der Waals surface area contributed by atoms with Crippen molar-refractivity contribution in [2.24, 2.45) is 0 Å². The van der Waals surface area contributed by atoms with Crippen LogP contribution in [0.5, 0.6) is 0 Å². The lowest BCUT2D eigenvalue weighted by molar-refractivity contribution is 0.945. The van der Waals surface area contributed by atoms with Gasteiger partial charge in [0.2, 0.25) is 0 Å². The third-order valence-electron chi connectivity index (χ3n) is 2.35. The van der Waals surface area contributed by atoms with E-state index in [4.69, 9.17) is 0 Å². The maximum Gasteiger partial charge on any atom is 0.142 e. The number of thioether (sulfide) groups is 1. The molecule has 66 valence electrons. The van der Waals surface area contributed by atoms with Crippen molar-refractivity contribution in [3.8, 4) is 0 Å². The topological polar surface area (TPSA) is 41.6 Å². The van der Waals surface area contributed by atoms with Gasteiger partial charge < -0.3 is 4.98 Å². The lowest BCUT2D eigenvalue weighted by atomic mass is 10.1. The van der Waals surface area contributed by atoms with E-state index < -0.39 is 0 Å². The van der Waals surface area contributed by atoms with Gasteiger partial charge in [-0.2, -0.15) is 0 Å². The molecule has 0 saturated heterocycles. The lowest BCUT2D eigenvalue weighted by Gasteiger charge is -1.96. The van der Waals surface area contributed by atoms with Gasteiger partial charge in [-0.25, -0.2) is 9.97 Å². The number of aromatic amines is 1. The molecule has 1 N–H and O–H groups in total. The van der Waals surface area contributed by atoms with Crippen LogP contribution in [0, 0.1) is 0 Å². The average Bonchev–Trinajstić information content (AvgIpc) is 2.44. The summed E-state index contributed by atoms with van der Waals surface area (Å²) in [4.78, 5) is 11.7. The lowest BCUT2D eigenvalue weighted by Crippen LogP contribution is -1.84. The zero-order valence-corrected chi connectivity index (χ0v) is 7.90. The molecule has 2 aromatic rings. The molecule has 1 aliphatic rings. The van der Waals surface area contributed by atoms with Crippen molar-refractivity contribution < 1.29 is 0 Å². The van der Waals surface area contributed by atoms with E-state index in [9.17, 15) is 0 Å². The van der Waals surface area contributed by atoms with Crippen molar-refractivity contribution in [2.75, 3.05) is 5.75 Å². The van der Waals surface area contributed by atoms with Crippen molar-refractivity contribution >= 4 is 22.8 Å². The number of H-pyrrole nitrogens is 1. The SMILES string of the molecule is c1nc2c3c(c[nH]c3n1)CCCS2. The fourth-order valence-electron chi connectivity index (χ4n) is 1.73. The molecule has 0 amide bonds. The molecule has 0 unspecified atom stereocenters. The zero-order chi connectivity index (χ0) is 8.67. The second-order valence-corrected chi connectivity index (χ2v) is 4.25. The van der Waals surface area contributed by atoms with Crippen LogP contribution in [-0.4, -0.2) is 20.7 Å². The van der Waals surface area contributed by atoms with Gasteiger partial charge in [0.15, 0.2) is 0 Å². The number of nitrogens with zero attached hydrogens (tertiary/aromatic N) is 2. The highest BCUT2D eigenvalue weighted by atomic mass is 32.2. The molecule has 0 aliphatic carbocycles. The summed E-state index contributed by atoms with van der Waals surface area (Å²) in [6.07, 6.45) is 6.08. The normalized spacial score (nSPS) is 16.0. The molecule has 0 radical (unpaired) electrons. The first-order valence-electron chi connectivity index (χ1n) is 4.39. The van der Waals surface area contributed by atoms with E-state index in [-0.39, 0.29) is 0 Å². The summed E-state index contributed by atoms with van der Waals surface area (Å²) in [5.41, 5.74) is 2.35. The summed E-state index contributed by atoms with van der Waals surface area (Å²) >= 11 is 1.84. The van der Waals surface area contributed by atoms with Crippen LogP contribution in [0.2, 0.25) is 0 Å². The Morgan fingerprint density at radius 1 is 1.38 bits per heavy atom. The predicted molar refractivity (Wildman–Crippen MR) is 52.9 cm³/mol. The Labute approximate surface area is 80.0 Å². The highest BCUT2D eigenvalue weighted by molar-refractivity contribution is 7.99. The smallest absolute Gasteiger partial charge is 0.142 e. The van der Waals surface area contributed by atoms with Crippen LogP contribution in [-0.2, 0) is 6.42 Å². The van der Waals surface area contributed by atoms with Gasteiger partial charge >= 0.3 is 0 Å². The molecule has 0 bridgehead atoms. The van der Waals surface area contributed by atoms with Gasteiger partial charge in [-0.3, -0.25) is 0 Å². The van der Waals surface area contributed by atoms with Crippen LogP contribution >= 0.6 is 11.8 Å². The Morgan fingerprint density at radius 2 is 2.38 bits per heavy atom. The van der Waals surface area contributed by atoms with Crippen LogP contribution in [0.4, 0.5) is 0 Å². The molecule has 0 atom stereocenters. The Bertz CT molecular complexity index is 449. The Morgan fingerprint density at radius 3 is 3.38 bits per heavy atom. The molecular formula is C9H9N3S. The molecule has 0 spiro atoms. The molecule has 0 fully saturated rings. The molecule has 2 aromatic heterocycles. The van der Waals surface area contributed by atoms with Gasteiger partial charge in [-0.15, -0.1) is 11.8 Å². The van der Waals surface area contributed by atoms with Gasteiger partial charge in [0, 0.05) is 6.20 Å². The quantitative estimate of drug-likeness (QED) is 0.647. The minimum atomic E-state index is 0.981. The van der Waals surface area contributed by atoms with Gasteiger partial charge in [-0.05, 0) is 24.2 Å². The van der Waals surface area contributed by atoms with E-state index in [2.05, 4.69) is 21.1 Å². The fourth-order valence-corrected chi connectivity index (χ4v) is 2.71. The molecule has 0 saturated carbocycles. The number of hydrogen-bond donors (Lipinski definition) is 1. The molecular weight excluding hydrogens is 182 g/mol. The fraction of sp³-hybridized carbons (Fsp3) is 0.333. The average molecular weight is 191 g/mol. The molecule has 4 heteroatoms. The second kappa shape index (κ2) is 2.73. The van der Waals surface area contributed by atoms with Crippen LogP contribution < -0.4 is 0 Å². The summed E-state index contributed by atoms with van der Waals surface area (Å²) in [5.74, 6) is 1.17. The number of aromatic nitrogens is 3. The third kappa shape index (κ3) is 1.05. The molecule has 3 nitrogen and oxygen atoms in total. The highest BCUT2D eigenvalue weighted by Crippen LogP contribution is 2.31. The first-order valence-corrected chi connectivity index (χ1v) is 5.37. The predicted octanol–water partition coefficient (Wildman–Crippen LogP) is 2.00. The minimum Gasteiger partial charge on any atom is -0.346 e. The second-order valence-electron chi connectivity index (χ2n) is 3.17. The van der Waals surface area contributed by atoms with Crippen LogP contribution in [0.15, 0.2) is 17.6 Å². The first kappa shape index (κ1) is 7.38. The van der Waals surface area contributed by atoms with Gasteiger partial charge in [0.25, 0.3) is 0 Å². The number of aryl methyl sites for hydroxylation is 1. The minimum absolute atomic E-state index is 0.981. The van der Waals surface area contributed by atoms with Crippen molar-refractivity contribution in [1.82, 2.24) is 15.0 Å². The third-order valence-corrected chi connectivity index (χ3v) is 3.42. The summed E-state index contributed by atoms with van der Waals surface area (Å²) in [5, 5.41) is 2.38. The Kier molecular flexibility index (Phi) is 1.55. The maximum absolute atomic E-state index is 4.30. The Balaban J connectivity index is 2.40. The van der Waals surface area contributed by atoms with E-state index in [0.717, 1.165) is 17.1 Å². The van der Waals surface area contributed by atoms with Gasteiger partial charge in [0.1, 0.15) is 17.0 Å². The molecule has 3 heterocycles. The van der Waals surface area contributed by atoms with E-state index in [1.165, 1.54) is 23.1 Å². The monoisotopic (exact) mass is 191 g/mol. The summed E-state index contributed by atoms with van der Waals surface area (Å²) < 4.78 is 0. The number of nitrogens with one attached hydrogen (secondary N) is 1. The van der Waals surface area contributed by atoms with E-state index in [1.807, 2.05) is 11.8 Å². The van der Waals surface area contributed by atoms with Gasteiger partial charge in [0.05, 0.1) is 5.39 Å². The van der Waals surface area contributed by atoms with Gasteiger partial charge in [-0.1, -0.05) is 0 Å². The van der Waals surface area contributed by atoms with E-state index >= 15 is 0 Å². The summed E-state index contributed by atoms with van der Waals surface area (Å²) in [6.45, 7) is 0. The van der Waals surface area contributed by atoms with Crippen LogP contribution in [0.1, 0.15) is 12.0 Å². The largest absolute Gasteiger partial charge is 0.346 e. The number of rotatable bonds is 0. The van der Waals surface area contributed by atoms with E-state index in [1.54, 1.807) is 6.33 Å². The highest BCUT2D eigenvalue weighted by Gasteiger charge is 2.13. The van der Waals surface area contributed by atoms with Crippen molar-refractivity contribution in [1.29, 1.82) is 0 Å². The van der Waals surface area contributed by atoms with Crippen molar-refractivity contribution in [2.45, 2.75) is 17.9 Å². The van der Waals surface area contributed by atoms with Crippen LogP contribution in [0.3, 0.4) is 0 Å². The van der Waals surface area contributed by atoms with Crippen molar-refractivity contribution in [3.63, 3.8) is 0 Å². The van der Waals surface area contributed by atoms with Crippen molar-refractivity contribution in [3.05, 3.63) is 18.1 Å². The zero-order valence-electron chi connectivity index (χ0n) is 7.08. The molecule has 1 aliphatic heterocycles.